The lowest BCUT2D eigenvalue weighted by atomic mass is 10.0. The number of allylic oxidation sites excluding steroid dienone is 4. The fourth-order valence-electron chi connectivity index (χ4n) is 3.69. The molecule has 1 aliphatic rings. The van der Waals surface area contributed by atoms with Gasteiger partial charge in [0.15, 0.2) is 0 Å². The summed E-state index contributed by atoms with van der Waals surface area (Å²) in [5.41, 5.74) is 2.92. The van der Waals surface area contributed by atoms with E-state index in [1.54, 1.807) is 18.5 Å². The van der Waals surface area contributed by atoms with E-state index in [1.807, 2.05) is 18.2 Å². The maximum atomic E-state index is 12.2. The SMILES string of the molecule is O=c1[nH]c(Oc2ccc3c(ccn3CCC3=CC=CCC3)c2)nc2cnccc12. The minimum atomic E-state index is -0.244. The van der Waals surface area contributed by atoms with Gasteiger partial charge in [0, 0.05) is 29.8 Å². The summed E-state index contributed by atoms with van der Waals surface area (Å²) < 4.78 is 8.08. The van der Waals surface area contributed by atoms with Gasteiger partial charge in [0.05, 0.1) is 17.1 Å². The van der Waals surface area contributed by atoms with E-state index < -0.39 is 0 Å². The van der Waals surface area contributed by atoms with Gasteiger partial charge in [0.2, 0.25) is 0 Å². The van der Waals surface area contributed by atoms with Crippen molar-refractivity contribution in [1.29, 1.82) is 0 Å². The number of ether oxygens (including phenoxy) is 1. The Balaban J connectivity index is 1.37. The molecular weight excluding hydrogens is 364 g/mol. The Morgan fingerprint density at radius 3 is 3.07 bits per heavy atom. The normalized spacial score (nSPS) is 13.7. The topological polar surface area (TPSA) is 72.8 Å². The molecular formula is C23H20N4O2. The van der Waals surface area contributed by atoms with Crippen LogP contribution in [0.25, 0.3) is 21.8 Å². The number of rotatable bonds is 5. The first-order valence-corrected chi connectivity index (χ1v) is 9.72. The largest absolute Gasteiger partial charge is 0.426 e. The van der Waals surface area contributed by atoms with Crippen LogP contribution in [0, 0.1) is 0 Å². The van der Waals surface area contributed by atoms with Crippen LogP contribution in [0.5, 0.6) is 11.8 Å². The number of aromatic nitrogens is 4. The van der Waals surface area contributed by atoms with Crippen LogP contribution in [0.2, 0.25) is 0 Å². The van der Waals surface area contributed by atoms with E-state index in [4.69, 9.17) is 4.74 Å². The average Bonchev–Trinajstić information content (AvgIpc) is 3.15. The van der Waals surface area contributed by atoms with E-state index in [1.165, 1.54) is 5.57 Å². The molecule has 0 radical (unpaired) electrons. The zero-order valence-electron chi connectivity index (χ0n) is 15.8. The Labute approximate surface area is 167 Å². The lowest BCUT2D eigenvalue weighted by Gasteiger charge is -2.11. The van der Waals surface area contributed by atoms with Gasteiger partial charge in [-0.2, -0.15) is 4.98 Å². The summed E-state index contributed by atoms with van der Waals surface area (Å²) in [4.78, 5) is 23.2. The smallest absolute Gasteiger partial charge is 0.302 e. The molecule has 6 heteroatoms. The molecule has 0 aliphatic heterocycles. The van der Waals surface area contributed by atoms with Crippen molar-refractivity contribution in [2.24, 2.45) is 0 Å². The van der Waals surface area contributed by atoms with E-state index in [2.05, 4.69) is 50.0 Å². The number of pyridine rings is 1. The molecule has 1 aliphatic carbocycles. The standard InChI is InChI=1S/C23H20N4O2/c28-22-19-8-11-24-15-20(19)25-23(26-22)29-18-6-7-21-17(14-18)10-13-27(21)12-9-16-4-2-1-3-5-16/h1-2,4,6-8,10-11,13-15H,3,5,9,12H2,(H,25,26,28). The molecule has 0 spiro atoms. The first kappa shape index (κ1) is 17.4. The van der Waals surface area contributed by atoms with Gasteiger partial charge in [0.1, 0.15) is 5.75 Å². The van der Waals surface area contributed by atoms with Crippen LogP contribution in [0.1, 0.15) is 19.3 Å². The number of benzene rings is 1. The molecule has 3 aromatic heterocycles. The van der Waals surface area contributed by atoms with Crippen molar-refractivity contribution in [3.05, 3.63) is 83.1 Å². The second-order valence-corrected chi connectivity index (χ2v) is 7.14. The van der Waals surface area contributed by atoms with Gasteiger partial charge >= 0.3 is 6.01 Å². The molecule has 0 saturated carbocycles. The third kappa shape index (κ3) is 3.57. The van der Waals surface area contributed by atoms with Crippen LogP contribution < -0.4 is 10.3 Å². The van der Waals surface area contributed by atoms with Crippen LogP contribution >= 0.6 is 0 Å². The fraction of sp³-hybridized carbons (Fsp3) is 0.174. The first-order chi connectivity index (χ1) is 14.3. The van der Waals surface area contributed by atoms with Gasteiger partial charge < -0.3 is 9.30 Å². The molecule has 29 heavy (non-hydrogen) atoms. The molecule has 3 heterocycles. The van der Waals surface area contributed by atoms with Crippen LogP contribution in [0.4, 0.5) is 0 Å². The highest BCUT2D eigenvalue weighted by molar-refractivity contribution is 5.82. The molecule has 0 fully saturated rings. The van der Waals surface area contributed by atoms with Gasteiger partial charge in [0.25, 0.3) is 5.56 Å². The Morgan fingerprint density at radius 1 is 1.21 bits per heavy atom. The predicted molar refractivity (Wildman–Crippen MR) is 113 cm³/mol. The number of hydrogen-bond donors (Lipinski definition) is 1. The van der Waals surface area contributed by atoms with Crippen LogP contribution in [0.3, 0.4) is 0 Å². The molecule has 144 valence electrons. The molecule has 1 aromatic carbocycles. The third-order valence-electron chi connectivity index (χ3n) is 5.22. The molecule has 0 saturated heterocycles. The second kappa shape index (κ2) is 7.39. The van der Waals surface area contributed by atoms with Crippen molar-refractivity contribution in [2.45, 2.75) is 25.8 Å². The van der Waals surface area contributed by atoms with E-state index in [9.17, 15) is 4.79 Å². The third-order valence-corrected chi connectivity index (χ3v) is 5.22. The number of nitrogens with zero attached hydrogens (tertiary/aromatic N) is 3. The molecule has 0 unspecified atom stereocenters. The van der Waals surface area contributed by atoms with Gasteiger partial charge in [-0.25, -0.2) is 0 Å². The summed E-state index contributed by atoms with van der Waals surface area (Å²) in [6.45, 7) is 0.954. The number of H-pyrrole nitrogens is 1. The van der Waals surface area contributed by atoms with Crippen molar-refractivity contribution in [3.8, 4) is 11.8 Å². The zero-order chi connectivity index (χ0) is 19.6. The van der Waals surface area contributed by atoms with Crippen LogP contribution in [-0.4, -0.2) is 19.5 Å². The lowest BCUT2D eigenvalue weighted by molar-refractivity contribution is 0.443. The molecule has 4 aromatic rings. The summed E-state index contributed by atoms with van der Waals surface area (Å²) in [5.74, 6) is 0.627. The highest BCUT2D eigenvalue weighted by atomic mass is 16.5. The van der Waals surface area contributed by atoms with E-state index in [-0.39, 0.29) is 11.6 Å². The minimum Gasteiger partial charge on any atom is -0.426 e. The number of aromatic amines is 1. The molecule has 6 nitrogen and oxygen atoms in total. The summed E-state index contributed by atoms with van der Waals surface area (Å²) in [5, 5.41) is 1.58. The molecule has 0 atom stereocenters. The average molecular weight is 384 g/mol. The summed E-state index contributed by atoms with van der Waals surface area (Å²) >= 11 is 0. The maximum Gasteiger partial charge on any atom is 0.302 e. The number of nitrogens with one attached hydrogen (secondary N) is 1. The van der Waals surface area contributed by atoms with E-state index >= 15 is 0 Å². The Kier molecular flexibility index (Phi) is 4.44. The molecule has 0 bridgehead atoms. The van der Waals surface area contributed by atoms with E-state index in [0.717, 1.165) is 36.7 Å². The van der Waals surface area contributed by atoms with Gasteiger partial charge in [-0.3, -0.25) is 14.8 Å². The number of fused-ring (bicyclic) bond motifs is 2. The second-order valence-electron chi connectivity index (χ2n) is 7.14. The minimum absolute atomic E-state index is 0.159. The maximum absolute atomic E-state index is 12.2. The van der Waals surface area contributed by atoms with Crippen LogP contribution in [0.15, 0.2) is 77.5 Å². The van der Waals surface area contributed by atoms with Crippen molar-refractivity contribution in [3.63, 3.8) is 0 Å². The quantitative estimate of drug-likeness (QED) is 0.540. The van der Waals surface area contributed by atoms with Crippen molar-refractivity contribution in [2.75, 3.05) is 0 Å². The van der Waals surface area contributed by atoms with Gasteiger partial charge in [-0.1, -0.05) is 23.8 Å². The Morgan fingerprint density at radius 2 is 2.17 bits per heavy atom. The van der Waals surface area contributed by atoms with E-state index in [0.29, 0.717) is 16.7 Å². The number of aryl methyl sites for hydroxylation is 1. The fourth-order valence-corrected chi connectivity index (χ4v) is 3.69. The molecule has 0 amide bonds. The summed E-state index contributed by atoms with van der Waals surface area (Å²) in [7, 11) is 0. The Hall–Kier alpha value is -3.67. The van der Waals surface area contributed by atoms with Gasteiger partial charge in [-0.15, -0.1) is 0 Å². The Bertz CT molecular complexity index is 1310. The first-order valence-electron chi connectivity index (χ1n) is 9.72. The molecule has 1 N–H and O–H groups in total. The monoisotopic (exact) mass is 384 g/mol. The highest BCUT2D eigenvalue weighted by Crippen LogP contribution is 2.26. The number of hydrogen-bond acceptors (Lipinski definition) is 4. The lowest BCUT2D eigenvalue weighted by Crippen LogP contribution is -2.09. The van der Waals surface area contributed by atoms with Crippen molar-refractivity contribution < 1.29 is 4.74 Å². The highest BCUT2D eigenvalue weighted by Gasteiger charge is 2.08. The summed E-state index contributed by atoms with van der Waals surface area (Å²) in [6, 6.07) is 9.78. The van der Waals surface area contributed by atoms with Crippen molar-refractivity contribution in [1.82, 2.24) is 19.5 Å². The van der Waals surface area contributed by atoms with Crippen LogP contribution in [-0.2, 0) is 6.54 Å². The zero-order valence-corrected chi connectivity index (χ0v) is 15.8. The summed E-state index contributed by atoms with van der Waals surface area (Å²) in [6.07, 6.45) is 15.2. The predicted octanol–water partition coefficient (Wildman–Crippen LogP) is 4.73. The molecule has 5 rings (SSSR count). The van der Waals surface area contributed by atoms with Crippen molar-refractivity contribution >= 4 is 21.8 Å². The van der Waals surface area contributed by atoms with Gasteiger partial charge in [-0.05, 0) is 49.6 Å².